The SMILES string of the molecule is Cc1c(F)cc(NCC(C)(F)F)c(C=N)c1F. The van der Waals surface area contributed by atoms with Crippen molar-refractivity contribution >= 4 is 11.9 Å². The van der Waals surface area contributed by atoms with Crippen LogP contribution < -0.4 is 5.32 Å². The van der Waals surface area contributed by atoms with Gasteiger partial charge in [-0.3, -0.25) is 0 Å². The highest BCUT2D eigenvalue weighted by Crippen LogP contribution is 2.24. The molecule has 0 atom stereocenters. The molecule has 2 N–H and O–H groups in total. The Morgan fingerprint density at radius 2 is 2.00 bits per heavy atom. The van der Waals surface area contributed by atoms with Crippen molar-refractivity contribution in [2.75, 3.05) is 11.9 Å². The minimum Gasteiger partial charge on any atom is -0.378 e. The molecule has 0 aliphatic carbocycles. The first-order valence-electron chi connectivity index (χ1n) is 4.87. The Hall–Kier alpha value is -1.59. The standard InChI is InChI=1S/C11H12F4N2/c1-6-8(12)3-9(7(4-16)10(6)13)17-5-11(2,14)15/h3-4,16-17H,5H2,1-2H3. The normalized spacial score (nSPS) is 11.4. The molecule has 0 saturated heterocycles. The molecule has 94 valence electrons. The molecule has 0 saturated carbocycles. The number of nitrogens with one attached hydrogen (secondary N) is 2. The molecule has 0 spiro atoms. The first-order chi connectivity index (χ1) is 7.76. The summed E-state index contributed by atoms with van der Waals surface area (Å²) in [7, 11) is 0. The fourth-order valence-electron chi connectivity index (χ4n) is 1.28. The van der Waals surface area contributed by atoms with Gasteiger partial charge in [0.1, 0.15) is 11.6 Å². The molecule has 0 fully saturated rings. The monoisotopic (exact) mass is 248 g/mol. The van der Waals surface area contributed by atoms with Gasteiger partial charge in [-0.05, 0) is 13.0 Å². The summed E-state index contributed by atoms with van der Waals surface area (Å²) in [6.45, 7) is 1.15. The maximum absolute atomic E-state index is 13.5. The molecule has 0 bridgehead atoms. The number of halogens is 4. The topological polar surface area (TPSA) is 35.9 Å². The van der Waals surface area contributed by atoms with Crippen LogP contribution in [0.3, 0.4) is 0 Å². The van der Waals surface area contributed by atoms with Crippen LogP contribution in [0.1, 0.15) is 18.1 Å². The van der Waals surface area contributed by atoms with Crippen molar-refractivity contribution < 1.29 is 17.6 Å². The first-order valence-corrected chi connectivity index (χ1v) is 4.87. The number of anilines is 1. The number of benzene rings is 1. The average Bonchev–Trinajstić information content (AvgIpc) is 2.22. The van der Waals surface area contributed by atoms with E-state index >= 15 is 0 Å². The average molecular weight is 248 g/mol. The van der Waals surface area contributed by atoms with Gasteiger partial charge in [0.15, 0.2) is 0 Å². The van der Waals surface area contributed by atoms with Crippen molar-refractivity contribution in [2.45, 2.75) is 19.8 Å². The van der Waals surface area contributed by atoms with Crippen LogP contribution in [0.4, 0.5) is 23.2 Å². The van der Waals surface area contributed by atoms with Gasteiger partial charge >= 0.3 is 0 Å². The van der Waals surface area contributed by atoms with Crippen LogP contribution in [-0.4, -0.2) is 18.7 Å². The Balaban J connectivity index is 3.11. The number of alkyl halides is 2. The molecule has 1 rings (SSSR count). The van der Waals surface area contributed by atoms with Crippen molar-refractivity contribution in [2.24, 2.45) is 0 Å². The zero-order valence-corrected chi connectivity index (χ0v) is 9.37. The van der Waals surface area contributed by atoms with E-state index in [1.165, 1.54) is 6.92 Å². The highest BCUT2D eigenvalue weighted by atomic mass is 19.3. The number of hydrogen-bond acceptors (Lipinski definition) is 2. The maximum Gasteiger partial charge on any atom is 0.262 e. The molecular weight excluding hydrogens is 236 g/mol. The lowest BCUT2D eigenvalue weighted by Gasteiger charge is -2.15. The summed E-state index contributed by atoms with van der Waals surface area (Å²) >= 11 is 0. The second-order valence-corrected chi connectivity index (χ2v) is 3.83. The van der Waals surface area contributed by atoms with E-state index in [0.717, 1.165) is 6.07 Å². The first kappa shape index (κ1) is 13.5. The van der Waals surface area contributed by atoms with Crippen LogP contribution in [0.2, 0.25) is 0 Å². The molecule has 0 radical (unpaired) electrons. The van der Waals surface area contributed by atoms with Crippen LogP contribution in [0.5, 0.6) is 0 Å². The van der Waals surface area contributed by atoms with E-state index in [1.807, 2.05) is 0 Å². The zero-order chi connectivity index (χ0) is 13.2. The third-order valence-corrected chi connectivity index (χ3v) is 2.22. The van der Waals surface area contributed by atoms with Gasteiger partial charge in [-0.15, -0.1) is 0 Å². The lowest BCUT2D eigenvalue weighted by atomic mass is 10.1. The summed E-state index contributed by atoms with van der Waals surface area (Å²) in [5.41, 5.74) is -0.618. The smallest absolute Gasteiger partial charge is 0.262 e. The third-order valence-electron chi connectivity index (χ3n) is 2.22. The second kappa shape index (κ2) is 4.73. The van der Waals surface area contributed by atoms with E-state index in [2.05, 4.69) is 5.32 Å². The summed E-state index contributed by atoms with van der Waals surface area (Å²) in [5.74, 6) is -4.76. The minimum absolute atomic E-state index is 0.151. The Morgan fingerprint density at radius 1 is 1.41 bits per heavy atom. The Bertz CT molecular complexity index is 438. The molecule has 0 aliphatic rings. The summed E-state index contributed by atoms with van der Waals surface area (Å²) in [4.78, 5) is 0. The van der Waals surface area contributed by atoms with Crippen molar-refractivity contribution in [3.8, 4) is 0 Å². The minimum atomic E-state index is -3.00. The molecule has 0 aromatic heterocycles. The highest BCUT2D eigenvalue weighted by Gasteiger charge is 2.22. The highest BCUT2D eigenvalue weighted by molar-refractivity contribution is 5.86. The van der Waals surface area contributed by atoms with Crippen LogP contribution >= 0.6 is 0 Å². The van der Waals surface area contributed by atoms with Gasteiger partial charge in [-0.1, -0.05) is 0 Å². The van der Waals surface area contributed by atoms with Gasteiger partial charge in [0.2, 0.25) is 0 Å². The molecule has 0 unspecified atom stereocenters. The molecular formula is C11H12F4N2. The van der Waals surface area contributed by atoms with E-state index in [1.54, 1.807) is 0 Å². The van der Waals surface area contributed by atoms with Gasteiger partial charge in [-0.2, -0.15) is 0 Å². The predicted molar refractivity (Wildman–Crippen MR) is 58.1 cm³/mol. The summed E-state index contributed by atoms with van der Waals surface area (Å²) in [6, 6.07) is 0.907. The quantitative estimate of drug-likeness (QED) is 0.622. The Morgan fingerprint density at radius 3 is 2.47 bits per heavy atom. The summed E-state index contributed by atoms with van der Waals surface area (Å²) in [6.07, 6.45) is 0.665. The van der Waals surface area contributed by atoms with Crippen molar-refractivity contribution in [3.63, 3.8) is 0 Å². The van der Waals surface area contributed by atoms with E-state index in [9.17, 15) is 17.6 Å². The molecule has 0 amide bonds. The van der Waals surface area contributed by atoms with Gasteiger partial charge in [0.25, 0.3) is 5.92 Å². The van der Waals surface area contributed by atoms with Gasteiger partial charge in [-0.25, -0.2) is 17.6 Å². The van der Waals surface area contributed by atoms with E-state index in [4.69, 9.17) is 5.41 Å². The molecule has 1 aromatic carbocycles. The summed E-state index contributed by atoms with van der Waals surface area (Å²) in [5, 5.41) is 9.24. The maximum atomic E-state index is 13.5. The van der Waals surface area contributed by atoms with Crippen LogP contribution in [0.25, 0.3) is 0 Å². The van der Waals surface area contributed by atoms with Gasteiger partial charge in [0, 0.05) is 24.4 Å². The lowest BCUT2D eigenvalue weighted by Crippen LogP contribution is -2.23. The van der Waals surface area contributed by atoms with Gasteiger partial charge < -0.3 is 10.7 Å². The van der Waals surface area contributed by atoms with Crippen LogP contribution in [-0.2, 0) is 0 Å². The molecule has 2 nitrogen and oxygen atoms in total. The fourth-order valence-corrected chi connectivity index (χ4v) is 1.28. The lowest BCUT2D eigenvalue weighted by molar-refractivity contribution is 0.0367. The van der Waals surface area contributed by atoms with E-state index < -0.39 is 24.1 Å². The Kier molecular flexibility index (Phi) is 3.75. The van der Waals surface area contributed by atoms with Crippen LogP contribution in [0.15, 0.2) is 6.07 Å². The van der Waals surface area contributed by atoms with E-state index in [0.29, 0.717) is 13.1 Å². The third kappa shape index (κ3) is 3.18. The van der Waals surface area contributed by atoms with Gasteiger partial charge in [0.05, 0.1) is 12.1 Å². The number of rotatable bonds is 4. The molecule has 17 heavy (non-hydrogen) atoms. The predicted octanol–water partition coefficient (Wildman–Crippen LogP) is 3.34. The van der Waals surface area contributed by atoms with E-state index in [-0.39, 0.29) is 16.8 Å². The fraction of sp³-hybridized carbons (Fsp3) is 0.364. The second-order valence-electron chi connectivity index (χ2n) is 3.83. The molecule has 0 aliphatic heterocycles. The number of hydrogen-bond donors (Lipinski definition) is 2. The van der Waals surface area contributed by atoms with Crippen molar-refractivity contribution in [1.29, 1.82) is 5.41 Å². The van der Waals surface area contributed by atoms with Crippen molar-refractivity contribution in [3.05, 3.63) is 28.8 Å². The summed E-state index contributed by atoms with van der Waals surface area (Å²) < 4.78 is 52.0. The largest absolute Gasteiger partial charge is 0.378 e. The van der Waals surface area contributed by atoms with Crippen molar-refractivity contribution in [1.82, 2.24) is 0 Å². The van der Waals surface area contributed by atoms with Crippen LogP contribution in [0, 0.1) is 24.0 Å². The molecule has 0 heterocycles. The molecule has 6 heteroatoms. The molecule has 1 aromatic rings. The zero-order valence-electron chi connectivity index (χ0n) is 9.37. The Labute approximate surface area is 96.2 Å².